The van der Waals surface area contributed by atoms with Gasteiger partial charge in [0.05, 0.1) is 11.1 Å². The number of benzene rings is 2. The molecule has 1 N–H and O–H groups in total. The summed E-state index contributed by atoms with van der Waals surface area (Å²) in [6, 6.07) is 18.5. The molecule has 0 spiro atoms. The van der Waals surface area contributed by atoms with Gasteiger partial charge in [-0.1, -0.05) is 11.6 Å². The lowest BCUT2D eigenvalue weighted by atomic mass is 10.2. The Hall–Kier alpha value is -3.36. The number of hydrogen-bond acceptors (Lipinski definition) is 4. The summed E-state index contributed by atoms with van der Waals surface area (Å²) in [5.74, 6) is 2.12. The summed E-state index contributed by atoms with van der Waals surface area (Å²) in [6.45, 7) is 0. The first-order valence-corrected chi connectivity index (χ1v) is 7.89. The number of aromatic amines is 1. The lowest BCUT2D eigenvalue weighted by Gasteiger charge is -2.06. The maximum Gasteiger partial charge on any atom is 0.178 e. The Morgan fingerprint density at radius 1 is 1.00 bits per heavy atom. The number of nitrogens with zero attached hydrogens (tertiary/aromatic N) is 3. The monoisotopic (exact) mass is 346 g/mol. The fraction of sp³-hybridized carbons (Fsp3) is 0. The number of halogens is 1. The molecule has 6 heteroatoms. The molecule has 0 aliphatic carbocycles. The van der Waals surface area contributed by atoms with Gasteiger partial charge in [0.2, 0.25) is 0 Å². The molecule has 4 aromatic rings. The minimum Gasteiger partial charge on any atom is -0.457 e. The van der Waals surface area contributed by atoms with Gasteiger partial charge in [-0.05, 0) is 54.6 Å². The van der Waals surface area contributed by atoms with Crippen molar-refractivity contribution in [3.63, 3.8) is 0 Å². The summed E-state index contributed by atoms with van der Waals surface area (Å²) < 4.78 is 5.78. The van der Waals surface area contributed by atoms with Gasteiger partial charge in [0, 0.05) is 16.8 Å². The summed E-state index contributed by atoms with van der Waals surface area (Å²) in [6.07, 6.45) is 1.51. The van der Waals surface area contributed by atoms with Crippen LogP contribution in [-0.4, -0.2) is 15.0 Å². The highest BCUT2D eigenvalue weighted by atomic mass is 35.5. The molecule has 0 saturated heterocycles. The van der Waals surface area contributed by atoms with Gasteiger partial charge in [-0.15, -0.1) is 0 Å². The lowest BCUT2D eigenvalue weighted by Crippen LogP contribution is -1.85. The normalized spacial score (nSPS) is 10.6. The van der Waals surface area contributed by atoms with Gasteiger partial charge >= 0.3 is 0 Å². The van der Waals surface area contributed by atoms with Crippen molar-refractivity contribution in [1.29, 1.82) is 5.26 Å². The first-order valence-electron chi connectivity index (χ1n) is 7.51. The summed E-state index contributed by atoms with van der Waals surface area (Å²) in [5.41, 5.74) is 2.71. The molecule has 2 aromatic heterocycles. The van der Waals surface area contributed by atoms with Crippen LogP contribution in [0.2, 0.25) is 5.02 Å². The summed E-state index contributed by atoms with van der Waals surface area (Å²) in [5, 5.41) is 9.61. The number of imidazole rings is 1. The van der Waals surface area contributed by atoms with Gasteiger partial charge in [0.15, 0.2) is 5.65 Å². The average molecular weight is 347 g/mol. The van der Waals surface area contributed by atoms with Crippen LogP contribution >= 0.6 is 11.6 Å². The molecule has 5 nitrogen and oxygen atoms in total. The molecule has 0 radical (unpaired) electrons. The van der Waals surface area contributed by atoms with Crippen LogP contribution in [0.4, 0.5) is 0 Å². The van der Waals surface area contributed by atoms with Gasteiger partial charge in [-0.2, -0.15) is 5.26 Å². The van der Waals surface area contributed by atoms with E-state index in [-0.39, 0.29) is 0 Å². The van der Waals surface area contributed by atoms with Crippen molar-refractivity contribution in [2.75, 3.05) is 0 Å². The van der Waals surface area contributed by atoms with Gasteiger partial charge < -0.3 is 9.72 Å². The Balaban J connectivity index is 1.59. The minimum absolute atomic E-state index is 0.495. The molecule has 25 heavy (non-hydrogen) atoms. The number of hydrogen-bond donors (Lipinski definition) is 1. The second-order valence-electron chi connectivity index (χ2n) is 5.37. The maximum atomic E-state index is 8.94. The SMILES string of the molecule is N#Cc1cnc2nc(-c3ccc(Oc4ccc(Cl)cc4)cc3)[nH]c2c1. The number of aromatic nitrogens is 3. The highest BCUT2D eigenvalue weighted by molar-refractivity contribution is 6.30. The van der Waals surface area contributed by atoms with E-state index in [2.05, 4.69) is 21.0 Å². The molecule has 120 valence electrons. The van der Waals surface area contributed by atoms with Crippen molar-refractivity contribution < 1.29 is 4.74 Å². The third-order valence-electron chi connectivity index (χ3n) is 3.64. The smallest absolute Gasteiger partial charge is 0.178 e. The minimum atomic E-state index is 0.495. The molecule has 0 aliphatic heterocycles. The van der Waals surface area contributed by atoms with Crippen molar-refractivity contribution >= 4 is 22.8 Å². The van der Waals surface area contributed by atoms with Crippen molar-refractivity contribution in [3.05, 3.63) is 71.4 Å². The van der Waals surface area contributed by atoms with Gasteiger partial charge in [-0.25, -0.2) is 9.97 Å². The number of nitriles is 1. The van der Waals surface area contributed by atoms with E-state index in [1.54, 1.807) is 18.2 Å². The van der Waals surface area contributed by atoms with E-state index in [0.717, 1.165) is 11.1 Å². The molecule has 4 rings (SSSR count). The van der Waals surface area contributed by atoms with E-state index in [1.165, 1.54) is 6.20 Å². The molecule has 0 unspecified atom stereocenters. The predicted octanol–water partition coefficient (Wildman–Crippen LogP) is 4.94. The number of ether oxygens (including phenoxy) is 1. The largest absolute Gasteiger partial charge is 0.457 e. The van der Waals surface area contributed by atoms with Crippen LogP contribution in [0.25, 0.3) is 22.6 Å². The fourth-order valence-electron chi connectivity index (χ4n) is 2.42. The number of pyridine rings is 1. The molecular formula is C19H11ClN4O. The van der Waals surface area contributed by atoms with E-state index in [1.807, 2.05) is 36.4 Å². The molecule has 2 heterocycles. The number of fused-ring (bicyclic) bond motifs is 1. The number of rotatable bonds is 3. The van der Waals surface area contributed by atoms with Crippen LogP contribution < -0.4 is 4.74 Å². The summed E-state index contributed by atoms with van der Waals surface area (Å²) >= 11 is 5.87. The first-order chi connectivity index (χ1) is 12.2. The molecule has 0 bridgehead atoms. The van der Waals surface area contributed by atoms with Gasteiger partial charge in [-0.3, -0.25) is 0 Å². The zero-order chi connectivity index (χ0) is 17.2. The third kappa shape index (κ3) is 3.16. The lowest BCUT2D eigenvalue weighted by molar-refractivity contribution is 0.483. The first kappa shape index (κ1) is 15.2. The maximum absolute atomic E-state index is 8.94. The number of nitrogens with one attached hydrogen (secondary N) is 1. The Morgan fingerprint density at radius 2 is 1.68 bits per heavy atom. The van der Waals surface area contributed by atoms with Crippen molar-refractivity contribution in [2.24, 2.45) is 0 Å². The predicted molar refractivity (Wildman–Crippen MR) is 95.6 cm³/mol. The molecule has 2 aromatic carbocycles. The van der Waals surface area contributed by atoms with Crippen molar-refractivity contribution in [1.82, 2.24) is 15.0 Å². The Kier molecular flexibility index (Phi) is 3.81. The van der Waals surface area contributed by atoms with E-state index in [4.69, 9.17) is 21.6 Å². The van der Waals surface area contributed by atoms with E-state index >= 15 is 0 Å². The fourth-order valence-corrected chi connectivity index (χ4v) is 2.54. The zero-order valence-corrected chi connectivity index (χ0v) is 13.7. The van der Waals surface area contributed by atoms with Crippen LogP contribution in [-0.2, 0) is 0 Å². The van der Waals surface area contributed by atoms with E-state index in [9.17, 15) is 0 Å². The molecule has 0 fully saturated rings. The molecular weight excluding hydrogens is 336 g/mol. The van der Waals surface area contributed by atoms with Gasteiger partial charge in [0.1, 0.15) is 23.4 Å². The Morgan fingerprint density at radius 3 is 2.36 bits per heavy atom. The Bertz CT molecular complexity index is 1080. The number of H-pyrrole nitrogens is 1. The summed E-state index contributed by atoms with van der Waals surface area (Å²) in [7, 11) is 0. The van der Waals surface area contributed by atoms with Crippen LogP contribution in [0.3, 0.4) is 0 Å². The molecule has 0 saturated carbocycles. The molecule has 0 atom stereocenters. The zero-order valence-electron chi connectivity index (χ0n) is 12.9. The second kappa shape index (κ2) is 6.27. The van der Waals surface area contributed by atoms with E-state index < -0.39 is 0 Å². The van der Waals surface area contributed by atoms with Crippen LogP contribution in [0.1, 0.15) is 5.56 Å². The highest BCUT2D eigenvalue weighted by Crippen LogP contribution is 2.26. The standard InChI is InChI=1S/C19H11ClN4O/c20-14-3-7-16(8-4-14)25-15-5-1-13(2-6-15)18-23-17-9-12(10-21)11-22-19(17)24-18/h1-9,11H,(H,22,23,24). The Labute approximate surface area is 148 Å². The average Bonchev–Trinajstić information content (AvgIpc) is 3.07. The van der Waals surface area contributed by atoms with Crippen molar-refractivity contribution in [3.8, 4) is 29.0 Å². The highest BCUT2D eigenvalue weighted by Gasteiger charge is 2.07. The van der Waals surface area contributed by atoms with E-state index in [0.29, 0.717) is 33.6 Å². The molecule has 0 amide bonds. The van der Waals surface area contributed by atoms with Crippen LogP contribution in [0, 0.1) is 11.3 Å². The van der Waals surface area contributed by atoms with Crippen LogP contribution in [0.5, 0.6) is 11.5 Å². The summed E-state index contributed by atoms with van der Waals surface area (Å²) in [4.78, 5) is 11.8. The quantitative estimate of drug-likeness (QED) is 0.570. The van der Waals surface area contributed by atoms with Crippen molar-refractivity contribution in [2.45, 2.75) is 0 Å². The van der Waals surface area contributed by atoms with Crippen LogP contribution in [0.15, 0.2) is 60.8 Å². The molecule has 0 aliphatic rings. The van der Waals surface area contributed by atoms with Gasteiger partial charge in [0.25, 0.3) is 0 Å². The second-order valence-corrected chi connectivity index (χ2v) is 5.81. The topological polar surface area (TPSA) is 74.6 Å². The third-order valence-corrected chi connectivity index (χ3v) is 3.90.